The maximum absolute atomic E-state index is 11.8. The number of likely N-dealkylation sites (N-methyl/N-ethyl adjacent to an activating group) is 1. The van der Waals surface area contributed by atoms with E-state index in [9.17, 15) is 9.90 Å². The molecule has 0 radical (unpaired) electrons. The monoisotopic (exact) mass is 243 g/mol. The number of aliphatic hydroxyl groups is 1. The third-order valence-electron chi connectivity index (χ3n) is 3.09. The highest BCUT2D eigenvalue weighted by molar-refractivity contribution is 5.78. The highest BCUT2D eigenvalue weighted by atomic mass is 16.3. The molecule has 0 aromatic rings. The van der Waals surface area contributed by atoms with Gasteiger partial charge in [0.2, 0.25) is 5.91 Å². The van der Waals surface area contributed by atoms with Crippen molar-refractivity contribution in [2.75, 3.05) is 46.3 Å². The van der Waals surface area contributed by atoms with Gasteiger partial charge in [-0.15, -0.1) is 0 Å². The smallest absolute Gasteiger partial charge is 0.225 e. The number of carbonyl (C=O) groups is 1. The summed E-state index contributed by atoms with van der Waals surface area (Å²) < 4.78 is 0. The first-order chi connectivity index (χ1) is 8.04. The highest BCUT2D eigenvalue weighted by Gasteiger charge is 2.23. The Hall–Kier alpha value is -0.650. The molecule has 2 N–H and O–H groups in total. The van der Waals surface area contributed by atoms with E-state index in [1.54, 1.807) is 0 Å². The third-order valence-corrected chi connectivity index (χ3v) is 3.09. The summed E-state index contributed by atoms with van der Waals surface area (Å²) in [6.45, 7) is 8.46. The van der Waals surface area contributed by atoms with Gasteiger partial charge in [-0.05, 0) is 7.05 Å². The zero-order valence-corrected chi connectivity index (χ0v) is 11.1. The van der Waals surface area contributed by atoms with E-state index < -0.39 is 0 Å². The first kappa shape index (κ1) is 14.4. The number of aliphatic hydroxyl groups excluding tert-OH is 1. The van der Waals surface area contributed by atoms with Gasteiger partial charge < -0.3 is 15.3 Å². The summed E-state index contributed by atoms with van der Waals surface area (Å²) >= 11 is 0. The first-order valence-corrected chi connectivity index (χ1v) is 6.38. The summed E-state index contributed by atoms with van der Waals surface area (Å²) in [6.07, 6.45) is -0.327. The van der Waals surface area contributed by atoms with Crippen LogP contribution in [0.1, 0.15) is 13.8 Å². The fourth-order valence-electron chi connectivity index (χ4n) is 2.11. The zero-order chi connectivity index (χ0) is 12.8. The molecule has 1 saturated heterocycles. The summed E-state index contributed by atoms with van der Waals surface area (Å²) in [7, 11) is 1.84. The lowest BCUT2D eigenvalue weighted by Crippen LogP contribution is -2.52. The lowest BCUT2D eigenvalue weighted by molar-refractivity contribution is -0.136. The van der Waals surface area contributed by atoms with Crippen molar-refractivity contribution in [1.29, 1.82) is 0 Å². The molecule has 0 aliphatic carbocycles. The predicted octanol–water partition coefficient (Wildman–Crippen LogP) is -0.633. The summed E-state index contributed by atoms with van der Waals surface area (Å²) in [5.74, 6) is 0.317. The molecule has 0 saturated carbocycles. The summed E-state index contributed by atoms with van der Waals surface area (Å²) in [4.78, 5) is 15.9. The average Bonchev–Trinajstić information content (AvgIpc) is 2.29. The molecule has 17 heavy (non-hydrogen) atoms. The van der Waals surface area contributed by atoms with E-state index >= 15 is 0 Å². The van der Waals surface area contributed by atoms with E-state index in [0.29, 0.717) is 13.1 Å². The Bertz CT molecular complexity index is 238. The van der Waals surface area contributed by atoms with E-state index in [0.717, 1.165) is 26.2 Å². The van der Waals surface area contributed by atoms with Crippen LogP contribution in [-0.2, 0) is 4.79 Å². The van der Waals surface area contributed by atoms with E-state index in [-0.39, 0.29) is 17.9 Å². The molecule has 1 amide bonds. The minimum atomic E-state index is -0.327. The van der Waals surface area contributed by atoms with Crippen molar-refractivity contribution in [3.05, 3.63) is 0 Å². The number of rotatable bonds is 5. The molecule has 5 nitrogen and oxygen atoms in total. The Morgan fingerprint density at radius 3 is 2.35 bits per heavy atom. The summed E-state index contributed by atoms with van der Waals surface area (Å²) in [6, 6.07) is 0. The number of amides is 1. The van der Waals surface area contributed by atoms with Crippen molar-refractivity contribution in [2.24, 2.45) is 5.92 Å². The van der Waals surface area contributed by atoms with Gasteiger partial charge in [-0.2, -0.15) is 0 Å². The maximum atomic E-state index is 11.8. The number of nitrogens with one attached hydrogen (secondary N) is 1. The second-order valence-corrected chi connectivity index (χ2v) is 4.99. The largest absolute Gasteiger partial charge is 0.390 e. The lowest BCUT2D eigenvalue weighted by atomic mass is 10.1. The molecule has 100 valence electrons. The van der Waals surface area contributed by atoms with Gasteiger partial charge in [-0.25, -0.2) is 0 Å². The van der Waals surface area contributed by atoms with Crippen LogP contribution in [0.5, 0.6) is 0 Å². The molecule has 1 heterocycles. The lowest BCUT2D eigenvalue weighted by Gasteiger charge is -2.36. The van der Waals surface area contributed by atoms with Gasteiger partial charge in [0.05, 0.1) is 6.10 Å². The Balaban J connectivity index is 2.28. The van der Waals surface area contributed by atoms with E-state index in [4.69, 9.17) is 0 Å². The third kappa shape index (κ3) is 4.61. The average molecular weight is 243 g/mol. The van der Waals surface area contributed by atoms with Crippen LogP contribution in [0.25, 0.3) is 0 Å². The summed E-state index contributed by atoms with van der Waals surface area (Å²) in [5, 5.41) is 12.6. The van der Waals surface area contributed by atoms with Gasteiger partial charge in [-0.1, -0.05) is 13.8 Å². The second-order valence-electron chi connectivity index (χ2n) is 4.99. The topological polar surface area (TPSA) is 55.8 Å². The second kappa shape index (κ2) is 6.93. The fraction of sp³-hybridized carbons (Fsp3) is 0.917. The van der Waals surface area contributed by atoms with Crippen LogP contribution >= 0.6 is 0 Å². The summed E-state index contributed by atoms with van der Waals surface area (Å²) in [5.41, 5.74) is 0. The SMILES string of the molecule is CNCC(O)CN1CCN(C(=O)C(C)C)CC1. The number of nitrogens with zero attached hydrogens (tertiary/aromatic N) is 2. The van der Waals surface area contributed by atoms with Gasteiger partial charge in [0.1, 0.15) is 0 Å². The number of piperazine rings is 1. The molecular formula is C12H25N3O2. The van der Waals surface area contributed by atoms with Crippen molar-refractivity contribution in [3.8, 4) is 0 Å². The number of carbonyl (C=O) groups excluding carboxylic acids is 1. The number of hydrogen-bond acceptors (Lipinski definition) is 4. The fourth-order valence-corrected chi connectivity index (χ4v) is 2.11. The normalized spacial score (nSPS) is 19.7. The first-order valence-electron chi connectivity index (χ1n) is 6.38. The van der Waals surface area contributed by atoms with Crippen LogP contribution in [-0.4, -0.2) is 73.2 Å². The Labute approximate surface area is 104 Å². The molecular weight excluding hydrogens is 218 g/mol. The van der Waals surface area contributed by atoms with Crippen LogP contribution < -0.4 is 5.32 Å². The van der Waals surface area contributed by atoms with Gasteiger partial charge in [0.15, 0.2) is 0 Å². The van der Waals surface area contributed by atoms with Crippen LogP contribution in [0.3, 0.4) is 0 Å². The van der Waals surface area contributed by atoms with Crippen LogP contribution in [0.2, 0.25) is 0 Å². The van der Waals surface area contributed by atoms with E-state index in [1.165, 1.54) is 0 Å². The standard InChI is InChI=1S/C12H25N3O2/c1-10(2)12(17)15-6-4-14(5-7-15)9-11(16)8-13-3/h10-11,13,16H,4-9H2,1-3H3. The van der Waals surface area contributed by atoms with Crippen molar-refractivity contribution in [2.45, 2.75) is 20.0 Å². The zero-order valence-electron chi connectivity index (χ0n) is 11.1. The minimum absolute atomic E-state index is 0.0800. The molecule has 1 fully saturated rings. The molecule has 0 aromatic heterocycles. The molecule has 1 rings (SSSR count). The molecule has 1 aliphatic heterocycles. The molecule has 0 aromatic carbocycles. The van der Waals surface area contributed by atoms with E-state index in [2.05, 4.69) is 10.2 Å². The molecule has 5 heteroatoms. The van der Waals surface area contributed by atoms with Crippen molar-refractivity contribution in [1.82, 2.24) is 15.1 Å². The molecule has 1 atom stereocenters. The molecule has 1 aliphatic rings. The van der Waals surface area contributed by atoms with Crippen molar-refractivity contribution < 1.29 is 9.90 Å². The van der Waals surface area contributed by atoms with Crippen molar-refractivity contribution in [3.63, 3.8) is 0 Å². The van der Waals surface area contributed by atoms with Gasteiger partial charge in [0, 0.05) is 45.2 Å². The van der Waals surface area contributed by atoms with Crippen molar-refractivity contribution >= 4 is 5.91 Å². The van der Waals surface area contributed by atoms with Gasteiger partial charge >= 0.3 is 0 Å². The predicted molar refractivity (Wildman–Crippen MR) is 67.8 cm³/mol. The minimum Gasteiger partial charge on any atom is -0.390 e. The number of hydrogen-bond donors (Lipinski definition) is 2. The van der Waals surface area contributed by atoms with Gasteiger partial charge in [-0.3, -0.25) is 9.69 Å². The molecule has 0 bridgehead atoms. The Kier molecular flexibility index (Phi) is 5.88. The highest BCUT2D eigenvalue weighted by Crippen LogP contribution is 2.07. The Morgan fingerprint density at radius 2 is 1.88 bits per heavy atom. The van der Waals surface area contributed by atoms with Crippen LogP contribution in [0.4, 0.5) is 0 Å². The van der Waals surface area contributed by atoms with Crippen LogP contribution in [0.15, 0.2) is 0 Å². The Morgan fingerprint density at radius 1 is 1.29 bits per heavy atom. The molecule has 1 unspecified atom stereocenters. The quantitative estimate of drug-likeness (QED) is 0.675. The van der Waals surface area contributed by atoms with Gasteiger partial charge in [0.25, 0.3) is 0 Å². The van der Waals surface area contributed by atoms with Crippen LogP contribution in [0, 0.1) is 5.92 Å². The molecule has 0 spiro atoms. The maximum Gasteiger partial charge on any atom is 0.225 e. The van der Waals surface area contributed by atoms with E-state index in [1.807, 2.05) is 25.8 Å². The number of β-amino-alcohol motifs (C(OH)–C–C–N with tert-alkyl or cyclic N) is 1.